The second-order valence-electron chi connectivity index (χ2n) is 5.25. The van der Waals surface area contributed by atoms with Crippen molar-refractivity contribution >= 4 is 17.1 Å². The highest BCUT2D eigenvalue weighted by Gasteiger charge is 2.32. The minimum atomic E-state index is -0.982. The number of pyridine rings is 1. The van der Waals surface area contributed by atoms with Crippen molar-refractivity contribution in [3.63, 3.8) is 0 Å². The lowest BCUT2D eigenvalue weighted by Gasteiger charge is -2.03. The Hall–Kier alpha value is -2.69. The number of rotatable bonds is 3. The molecule has 0 saturated heterocycles. The molecule has 21 heavy (non-hydrogen) atoms. The van der Waals surface area contributed by atoms with Crippen molar-refractivity contribution in [2.45, 2.75) is 18.8 Å². The lowest BCUT2D eigenvalue weighted by atomic mass is 10.0. The van der Waals surface area contributed by atoms with Gasteiger partial charge in [-0.3, -0.25) is 0 Å². The van der Waals surface area contributed by atoms with E-state index < -0.39 is 5.97 Å². The molecule has 1 aromatic carbocycles. The number of nitrogens with zero attached hydrogens (tertiary/aromatic N) is 2. The van der Waals surface area contributed by atoms with Crippen LogP contribution in [0.2, 0.25) is 0 Å². The average molecular weight is 280 g/mol. The van der Waals surface area contributed by atoms with Gasteiger partial charge in [0.25, 0.3) is 5.71 Å². The quantitative estimate of drug-likeness (QED) is 0.795. The monoisotopic (exact) mass is 280 g/mol. The number of hydrogen-bond acceptors (Lipinski definition) is 4. The second-order valence-corrected chi connectivity index (χ2v) is 5.25. The summed E-state index contributed by atoms with van der Waals surface area (Å²) in [4.78, 5) is 16.0. The minimum Gasteiger partial charge on any atom is -0.478 e. The lowest BCUT2D eigenvalue weighted by molar-refractivity contribution is 0.0699. The van der Waals surface area contributed by atoms with Crippen molar-refractivity contribution in [1.82, 2.24) is 10.1 Å². The Morgan fingerprint density at radius 1 is 1.24 bits per heavy atom. The molecule has 1 fully saturated rings. The number of carbonyl (C=O) groups is 1. The van der Waals surface area contributed by atoms with Gasteiger partial charge in [0.2, 0.25) is 0 Å². The predicted molar refractivity (Wildman–Crippen MR) is 76.2 cm³/mol. The van der Waals surface area contributed by atoms with Crippen molar-refractivity contribution < 1.29 is 14.4 Å². The number of carboxylic acid groups (broad SMARTS) is 1. The summed E-state index contributed by atoms with van der Waals surface area (Å²) in [6.07, 6.45) is 2.06. The minimum absolute atomic E-state index is 0.210. The van der Waals surface area contributed by atoms with Crippen LogP contribution < -0.4 is 0 Å². The van der Waals surface area contributed by atoms with E-state index in [-0.39, 0.29) is 5.56 Å². The molecule has 104 valence electrons. The predicted octanol–water partition coefficient (Wildman–Crippen LogP) is 3.47. The fourth-order valence-corrected chi connectivity index (χ4v) is 2.53. The smallest absolute Gasteiger partial charge is 0.336 e. The topological polar surface area (TPSA) is 76.2 Å². The van der Waals surface area contributed by atoms with E-state index in [1.165, 1.54) is 0 Å². The maximum Gasteiger partial charge on any atom is 0.336 e. The third-order valence-electron chi connectivity index (χ3n) is 3.74. The Balaban J connectivity index is 1.98. The zero-order valence-electron chi connectivity index (χ0n) is 11.1. The van der Waals surface area contributed by atoms with E-state index >= 15 is 0 Å². The number of fused-ring (bicyclic) bond motifs is 1. The molecule has 1 saturated carbocycles. The molecular weight excluding hydrogens is 268 g/mol. The average Bonchev–Trinajstić information content (AvgIpc) is 3.26. The van der Waals surface area contributed by atoms with E-state index in [2.05, 4.69) is 10.1 Å². The van der Waals surface area contributed by atoms with Gasteiger partial charge in [-0.2, -0.15) is 0 Å². The van der Waals surface area contributed by atoms with Crippen LogP contribution in [0.1, 0.15) is 34.8 Å². The molecule has 0 unspecified atom stereocenters. The van der Waals surface area contributed by atoms with E-state index in [1.54, 1.807) is 6.07 Å². The summed E-state index contributed by atoms with van der Waals surface area (Å²) in [6, 6.07) is 11.0. The number of aromatic carboxylic acids is 1. The molecule has 0 radical (unpaired) electrons. The molecule has 1 aliphatic rings. The molecule has 1 aliphatic carbocycles. The first kappa shape index (κ1) is 12.1. The highest BCUT2D eigenvalue weighted by atomic mass is 16.5. The summed E-state index contributed by atoms with van der Waals surface area (Å²) >= 11 is 0. The van der Waals surface area contributed by atoms with E-state index in [4.69, 9.17) is 4.52 Å². The normalized spacial score (nSPS) is 14.5. The zero-order chi connectivity index (χ0) is 14.4. The molecule has 5 heteroatoms. The molecule has 0 atom stereocenters. The summed E-state index contributed by atoms with van der Waals surface area (Å²) in [5, 5.41) is 14.1. The highest BCUT2D eigenvalue weighted by Crippen LogP contribution is 2.43. The fourth-order valence-electron chi connectivity index (χ4n) is 2.53. The molecule has 2 aromatic heterocycles. The van der Waals surface area contributed by atoms with Gasteiger partial charge >= 0.3 is 5.97 Å². The molecule has 2 heterocycles. The summed E-state index contributed by atoms with van der Waals surface area (Å²) < 4.78 is 5.28. The van der Waals surface area contributed by atoms with Gasteiger partial charge in [-0.25, -0.2) is 9.78 Å². The largest absolute Gasteiger partial charge is 0.478 e. The van der Waals surface area contributed by atoms with Crippen molar-refractivity contribution in [3.8, 4) is 11.3 Å². The van der Waals surface area contributed by atoms with Gasteiger partial charge in [0, 0.05) is 11.5 Å². The van der Waals surface area contributed by atoms with Crippen molar-refractivity contribution in [2.24, 2.45) is 0 Å². The van der Waals surface area contributed by atoms with E-state index in [9.17, 15) is 9.90 Å². The fraction of sp³-hybridized carbons (Fsp3) is 0.188. The summed E-state index contributed by atoms with van der Waals surface area (Å²) in [7, 11) is 0. The SMILES string of the molecule is O=C(O)c1cc(-c2ccccc2)nc2onc(C3CC3)c12. The van der Waals surface area contributed by atoms with E-state index in [0.29, 0.717) is 22.7 Å². The number of aromatic nitrogens is 2. The van der Waals surface area contributed by atoms with Crippen molar-refractivity contribution in [2.75, 3.05) is 0 Å². The molecule has 4 rings (SSSR count). The van der Waals surface area contributed by atoms with Gasteiger partial charge in [0.1, 0.15) is 0 Å². The summed E-state index contributed by atoms with van der Waals surface area (Å²) in [6.45, 7) is 0. The van der Waals surface area contributed by atoms with Crippen LogP contribution in [0.25, 0.3) is 22.4 Å². The Kier molecular flexibility index (Phi) is 2.54. The van der Waals surface area contributed by atoms with Gasteiger partial charge in [0.05, 0.1) is 22.3 Å². The van der Waals surface area contributed by atoms with Crippen LogP contribution in [-0.4, -0.2) is 21.2 Å². The standard InChI is InChI=1S/C16H12N2O3/c19-16(20)11-8-12(9-4-2-1-3-5-9)17-15-13(11)14(18-21-15)10-6-7-10/h1-5,8,10H,6-7H2,(H,19,20). The maximum atomic E-state index is 11.6. The maximum absolute atomic E-state index is 11.6. The van der Waals surface area contributed by atoms with Crippen LogP contribution in [0.4, 0.5) is 0 Å². The summed E-state index contributed by atoms with van der Waals surface area (Å²) in [5.74, 6) is -0.668. The van der Waals surface area contributed by atoms with Crippen LogP contribution in [0.15, 0.2) is 40.9 Å². The van der Waals surface area contributed by atoms with Gasteiger partial charge in [-0.1, -0.05) is 35.5 Å². The van der Waals surface area contributed by atoms with Gasteiger partial charge in [-0.05, 0) is 18.9 Å². The molecule has 1 N–H and O–H groups in total. The molecule has 0 aliphatic heterocycles. The molecule has 0 bridgehead atoms. The zero-order valence-corrected chi connectivity index (χ0v) is 11.1. The van der Waals surface area contributed by atoms with Gasteiger partial charge < -0.3 is 9.63 Å². The third-order valence-corrected chi connectivity index (χ3v) is 3.74. The van der Waals surface area contributed by atoms with Crippen LogP contribution in [0.5, 0.6) is 0 Å². The van der Waals surface area contributed by atoms with Crippen LogP contribution in [-0.2, 0) is 0 Å². The first-order chi connectivity index (χ1) is 10.2. The lowest BCUT2D eigenvalue weighted by Crippen LogP contribution is -2.00. The number of carboxylic acids is 1. The van der Waals surface area contributed by atoms with Crippen molar-refractivity contribution in [1.29, 1.82) is 0 Å². The van der Waals surface area contributed by atoms with E-state index in [0.717, 1.165) is 24.1 Å². The molecule has 5 nitrogen and oxygen atoms in total. The molecule has 3 aromatic rings. The Bertz CT molecular complexity index is 835. The van der Waals surface area contributed by atoms with E-state index in [1.807, 2.05) is 30.3 Å². The Morgan fingerprint density at radius 2 is 2.00 bits per heavy atom. The van der Waals surface area contributed by atoms with Crippen molar-refractivity contribution in [3.05, 3.63) is 47.7 Å². The Labute approximate surface area is 120 Å². The van der Waals surface area contributed by atoms with Crippen LogP contribution in [0.3, 0.4) is 0 Å². The highest BCUT2D eigenvalue weighted by molar-refractivity contribution is 6.03. The molecular formula is C16H12N2O3. The van der Waals surface area contributed by atoms with Gasteiger partial charge in [-0.15, -0.1) is 0 Å². The third kappa shape index (κ3) is 1.98. The Morgan fingerprint density at radius 3 is 2.67 bits per heavy atom. The van der Waals surface area contributed by atoms with Gasteiger partial charge in [0.15, 0.2) is 0 Å². The summed E-state index contributed by atoms with van der Waals surface area (Å²) in [5.41, 5.74) is 2.68. The second kappa shape index (κ2) is 4.41. The number of hydrogen-bond donors (Lipinski definition) is 1. The molecule has 0 amide bonds. The molecule has 0 spiro atoms. The first-order valence-corrected chi connectivity index (χ1v) is 6.83. The van der Waals surface area contributed by atoms with Crippen LogP contribution >= 0.6 is 0 Å². The number of benzene rings is 1. The van der Waals surface area contributed by atoms with Crippen LogP contribution in [0, 0.1) is 0 Å². The first-order valence-electron chi connectivity index (χ1n) is 6.83.